The summed E-state index contributed by atoms with van der Waals surface area (Å²) in [6.45, 7) is 0. The van der Waals surface area contributed by atoms with E-state index in [-0.39, 0.29) is 5.43 Å². The first-order chi connectivity index (χ1) is 13.1. The number of hydrogen-bond donors (Lipinski definition) is 0. The summed E-state index contributed by atoms with van der Waals surface area (Å²) >= 11 is 0. The molecule has 0 radical (unpaired) electrons. The minimum absolute atomic E-state index is 0.243. The van der Waals surface area contributed by atoms with Crippen LogP contribution in [-0.4, -0.2) is 35.5 Å². The van der Waals surface area contributed by atoms with Gasteiger partial charge in [-0.1, -0.05) is 0 Å². The van der Waals surface area contributed by atoms with Crippen LogP contribution in [0.3, 0.4) is 0 Å². The van der Waals surface area contributed by atoms with E-state index in [4.69, 9.17) is 28.1 Å². The molecular weight excluding hydrogens is 352 g/mol. The molecule has 0 unspecified atom stereocenters. The van der Waals surface area contributed by atoms with Gasteiger partial charge in [0.25, 0.3) is 0 Å². The van der Waals surface area contributed by atoms with Gasteiger partial charge in [-0.05, 0) is 12.1 Å². The van der Waals surface area contributed by atoms with Crippen molar-refractivity contribution < 1.29 is 28.1 Å². The highest BCUT2D eigenvalue weighted by atomic mass is 16.5. The van der Waals surface area contributed by atoms with Crippen LogP contribution in [0.4, 0.5) is 0 Å². The molecule has 0 saturated heterocycles. The molecule has 1 aromatic heterocycles. The summed E-state index contributed by atoms with van der Waals surface area (Å²) in [5, 5.41) is 0.351. The molecule has 27 heavy (non-hydrogen) atoms. The molecule has 142 valence electrons. The molecule has 0 aliphatic heterocycles. The van der Waals surface area contributed by atoms with E-state index in [1.54, 1.807) is 24.3 Å². The maximum Gasteiger partial charge on any atom is 0.193 e. The molecule has 0 fully saturated rings. The molecule has 0 bridgehead atoms. The van der Waals surface area contributed by atoms with Crippen LogP contribution in [0.25, 0.3) is 22.3 Å². The number of methoxy groups -OCH3 is 5. The standard InChI is InChI=1S/C20H20O7/c1-22-11-6-13-15(21)10-16(27-20(13)18(9-11)25-4)14-7-12(23-2)8-17(24-3)19(14)26-5/h6-10H,1-5H3. The van der Waals surface area contributed by atoms with Gasteiger partial charge in [0.05, 0.1) is 46.5 Å². The molecule has 0 atom stereocenters. The summed E-state index contributed by atoms with van der Waals surface area (Å²) in [7, 11) is 7.59. The molecule has 0 N–H and O–H groups in total. The SMILES string of the molecule is COc1cc(OC)c(OC)c(-c2cc(=O)c3cc(OC)cc(OC)c3o2)c1. The Morgan fingerprint density at radius 1 is 0.704 bits per heavy atom. The number of fused-ring (bicyclic) bond motifs is 1. The van der Waals surface area contributed by atoms with Gasteiger partial charge in [0.15, 0.2) is 28.3 Å². The maximum absolute atomic E-state index is 12.7. The second-order valence-corrected chi connectivity index (χ2v) is 5.59. The third-order valence-electron chi connectivity index (χ3n) is 4.18. The maximum atomic E-state index is 12.7. The number of benzene rings is 2. The fourth-order valence-electron chi connectivity index (χ4n) is 2.84. The Kier molecular flexibility index (Phi) is 5.12. The van der Waals surface area contributed by atoms with Gasteiger partial charge in [-0.3, -0.25) is 4.79 Å². The van der Waals surface area contributed by atoms with Crippen molar-refractivity contribution in [1.29, 1.82) is 0 Å². The van der Waals surface area contributed by atoms with Gasteiger partial charge >= 0.3 is 0 Å². The molecule has 0 amide bonds. The van der Waals surface area contributed by atoms with Gasteiger partial charge in [0.1, 0.15) is 17.3 Å². The molecule has 0 aliphatic rings. The lowest BCUT2D eigenvalue weighted by molar-refractivity contribution is 0.349. The Balaban J connectivity index is 2.34. The number of ether oxygens (including phenoxy) is 5. The average Bonchev–Trinajstić information content (AvgIpc) is 2.71. The van der Waals surface area contributed by atoms with Crippen molar-refractivity contribution in [3.63, 3.8) is 0 Å². The second kappa shape index (κ2) is 7.49. The quantitative estimate of drug-likeness (QED) is 0.655. The average molecular weight is 372 g/mol. The molecule has 7 nitrogen and oxygen atoms in total. The first-order valence-corrected chi connectivity index (χ1v) is 8.06. The smallest absolute Gasteiger partial charge is 0.193 e. The summed E-state index contributed by atoms with van der Waals surface area (Å²) in [5.41, 5.74) is 0.586. The van der Waals surface area contributed by atoms with Gasteiger partial charge in [0, 0.05) is 18.2 Å². The molecular formula is C20H20O7. The van der Waals surface area contributed by atoms with E-state index in [0.717, 1.165) is 0 Å². The fourth-order valence-corrected chi connectivity index (χ4v) is 2.84. The van der Waals surface area contributed by atoms with Gasteiger partial charge in [-0.25, -0.2) is 0 Å². The molecule has 0 aliphatic carbocycles. The summed E-state index contributed by atoms with van der Waals surface area (Å²) in [6, 6.07) is 8.04. The van der Waals surface area contributed by atoms with Crippen LogP contribution >= 0.6 is 0 Å². The molecule has 3 aromatic rings. The van der Waals surface area contributed by atoms with Crippen LogP contribution in [0.1, 0.15) is 0 Å². The Morgan fingerprint density at radius 2 is 1.33 bits per heavy atom. The molecule has 1 heterocycles. The zero-order chi connectivity index (χ0) is 19.6. The fraction of sp³-hybridized carbons (Fsp3) is 0.250. The van der Waals surface area contributed by atoms with Crippen molar-refractivity contribution in [1.82, 2.24) is 0 Å². The third-order valence-corrected chi connectivity index (χ3v) is 4.18. The number of hydrogen-bond acceptors (Lipinski definition) is 7. The monoisotopic (exact) mass is 372 g/mol. The van der Waals surface area contributed by atoms with E-state index in [2.05, 4.69) is 0 Å². The van der Waals surface area contributed by atoms with E-state index >= 15 is 0 Å². The van der Waals surface area contributed by atoms with Gasteiger partial charge < -0.3 is 28.1 Å². The second-order valence-electron chi connectivity index (χ2n) is 5.59. The molecule has 0 saturated carbocycles. The summed E-state index contributed by atoms with van der Waals surface area (Å²) in [5.74, 6) is 2.60. The van der Waals surface area contributed by atoms with Crippen LogP contribution in [0, 0.1) is 0 Å². The zero-order valence-corrected chi connectivity index (χ0v) is 15.7. The minimum Gasteiger partial charge on any atom is -0.497 e. The van der Waals surface area contributed by atoms with Crippen molar-refractivity contribution in [2.75, 3.05) is 35.5 Å². The third kappa shape index (κ3) is 3.23. The largest absolute Gasteiger partial charge is 0.497 e. The molecule has 3 rings (SSSR count). The van der Waals surface area contributed by atoms with E-state index in [1.165, 1.54) is 41.6 Å². The van der Waals surface area contributed by atoms with E-state index in [0.29, 0.717) is 51.0 Å². The first-order valence-electron chi connectivity index (χ1n) is 8.06. The Labute approximate surface area is 156 Å². The highest BCUT2D eigenvalue weighted by Crippen LogP contribution is 2.42. The highest BCUT2D eigenvalue weighted by Gasteiger charge is 2.19. The predicted octanol–water partition coefficient (Wildman–Crippen LogP) is 3.50. The van der Waals surface area contributed by atoms with Gasteiger partial charge in [-0.2, -0.15) is 0 Å². The lowest BCUT2D eigenvalue weighted by Gasteiger charge is -2.15. The summed E-state index contributed by atoms with van der Waals surface area (Å²) in [6.07, 6.45) is 0. The van der Waals surface area contributed by atoms with Gasteiger partial charge in [-0.15, -0.1) is 0 Å². The molecule has 0 spiro atoms. The van der Waals surface area contributed by atoms with Crippen molar-refractivity contribution in [2.45, 2.75) is 0 Å². The van der Waals surface area contributed by atoms with Gasteiger partial charge in [0.2, 0.25) is 0 Å². The van der Waals surface area contributed by atoms with Crippen LogP contribution < -0.4 is 29.1 Å². The number of rotatable bonds is 6. The van der Waals surface area contributed by atoms with Crippen molar-refractivity contribution in [2.24, 2.45) is 0 Å². The molecule has 2 aromatic carbocycles. The molecule has 7 heteroatoms. The normalized spacial score (nSPS) is 10.6. The Hall–Kier alpha value is -3.35. The van der Waals surface area contributed by atoms with E-state index < -0.39 is 0 Å². The summed E-state index contributed by atoms with van der Waals surface area (Å²) < 4.78 is 32.8. The van der Waals surface area contributed by atoms with E-state index in [9.17, 15) is 4.79 Å². The predicted molar refractivity (Wildman–Crippen MR) is 101 cm³/mol. The zero-order valence-electron chi connectivity index (χ0n) is 15.7. The van der Waals surface area contributed by atoms with Crippen molar-refractivity contribution >= 4 is 11.0 Å². The topological polar surface area (TPSA) is 76.4 Å². The van der Waals surface area contributed by atoms with Crippen LogP contribution in [0.5, 0.6) is 28.7 Å². The van der Waals surface area contributed by atoms with Crippen LogP contribution in [0.15, 0.2) is 39.5 Å². The minimum atomic E-state index is -0.243. The first kappa shape index (κ1) is 18.4. The summed E-state index contributed by atoms with van der Waals surface area (Å²) in [4.78, 5) is 12.7. The lowest BCUT2D eigenvalue weighted by Crippen LogP contribution is -2.03. The van der Waals surface area contributed by atoms with Crippen molar-refractivity contribution in [3.8, 4) is 40.1 Å². The highest BCUT2D eigenvalue weighted by molar-refractivity contribution is 5.86. The Morgan fingerprint density at radius 3 is 1.93 bits per heavy atom. The van der Waals surface area contributed by atoms with Crippen LogP contribution in [0.2, 0.25) is 0 Å². The van der Waals surface area contributed by atoms with Crippen molar-refractivity contribution in [3.05, 3.63) is 40.6 Å². The lowest BCUT2D eigenvalue weighted by atomic mass is 10.1. The van der Waals surface area contributed by atoms with E-state index in [1.807, 2.05) is 0 Å². The van der Waals surface area contributed by atoms with Crippen LogP contribution in [-0.2, 0) is 0 Å². The Bertz CT molecular complexity index is 1040.